The average molecular weight is 217 g/mol. The highest BCUT2D eigenvalue weighted by molar-refractivity contribution is 5.14. The standard InChI is InChI=1S/C15H23N/c1-16-15(12-10-14-7-8-14)11-9-13-5-3-2-4-6-13/h2-6,14-16H,7-12H2,1H3. The second-order valence-electron chi connectivity index (χ2n) is 5.03. The zero-order valence-electron chi connectivity index (χ0n) is 10.3. The van der Waals surface area contributed by atoms with Crippen LogP contribution in [0.25, 0.3) is 0 Å². The van der Waals surface area contributed by atoms with E-state index in [1.165, 1.54) is 44.1 Å². The molecule has 1 fully saturated rings. The maximum atomic E-state index is 3.46. The average Bonchev–Trinajstić information content (AvgIpc) is 3.15. The highest BCUT2D eigenvalue weighted by atomic mass is 14.9. The summed E-state index contributed by atoms with van der Waals surface area (Å²) in [6, 6.07) is 11.5. The molecule has 1 saturated carbocycles. The SMILES string of the molecule is CNC(CCc1ccccc1)CCC1CC1. The summed E-state index contributed by atoms with van der Waals surface area (Å²) >= 11 is 0. The lowest BCUT2D eigenvalue weighted by molar-refractivity contribution is 0.460. The molecule has 1 heteroatoms. The summed E-state index contributed by atoms with van der Waals surface area (Å²) < 4.78 is 0. The van der Waals surface area contributed by atoms with Gasteiger partial charge in [0.2, 0.25) is 0 Å². The normalized spacial score (nSPS) is 17.3. The van der Waals surface area contributed by atoms with Gasteiger partial charge in [-0.3, -0.25) is 0 Å². The van der Waals surface area contributed by atoms with E-state index in [4.69, 9.17) is 0 Å². The third-order valence-corrected chi connectivity index (χ3v) is 3.65. The van der Waals surface area contributed by atoms with Gasteiger partial charge in [-0.25, -0.2) is 0 Å². The van der Waals surface area contributed by atoms with Crippen molar-refractivity contribution in [2.45, 2.75) is 44.6 Å². The van der Waals surface area contributed by atoms with E-state index in [0.29, 0.717) is 6.04 Å². The predicted octanol–water partition coefficient (Wildman–Crippen LogP) is 3.40. The molecule has 88 valence electrons. The van der Waals surface area contributed by atoms with Gasteiger partial charge < -0.3 is 5.32 Å². The van der Waals surface area contributed by atoms with Crippen LogP contribution in [-0.4, -0.2) is 13.1 Å². The number of aryl methyl sites for hydroxylation is 1. The van der Waals surface area contributed by atoms with Crippen LogP contribution in [-0.2, 0) is 6.42 Å². The lowest BCUT2D eigenvalue weighted by Crippen LogP contribution is -2.25. The number of hydrogen-bond acceptors (Lipinski definition) is 1. The van der Waals surface area contributed by atoms with Gasteiger partial charge in [-0.05, 0) is 44.2 Å². The first-order valence-corrected chi connectivity index (χ1v) is 6.59. The van der Waals surface area contributed by atoms with Gasteiger partial charge in [-0.15, -0.1) is 0 Å². The zero-order chi connectivity index (χ0) is 11.2. The first-order valence-electron chi connectivity index (χ1n) is 6.59. The van der Waals surface area contributed by atoms with E-state index in [1.54, 1.807) is 0 Å². The van der Waals surface area contributed by atoms with Gasteiger partial charge in [0, 0.05) is 6.04 Å². The molecule has 0 saturated heterocycles. The fourth-order valence-electron chi connectivity index (χ4n) is 2.26. The molecule has 0 spiro atoms. The monoisotopic (exact) mass is 217 g/mol. The number of nitrogens with one attached hydrogen (secondary N) is 1. The minimum Gasteiger partial charge on any atom is -0.317 e. The molecule has 1 N–H and O–H groups in total. The van der Waals surface area contributed by atoms with Gasteiger partial charge in [0.1, 0.15) is 0 Å². The molecule has 1 unspecified atom stereocenters. The van der Waals surface area contributed by atoms with E-state index >= 15 is 0 Å². The van der Waals surface area contributed by atoms with Crippen LogP contribution >= 0.6 is 0 Å². The third kappa shape index (κ3) is 3.97. The summed E-state index contributed by atoms with van der Waals surface area (Å²) in [5.74, 6) is 1.06. The number of hydrogen-bond donors (Lipinski definition) is 1. The maximum absolute atomic E-state index is 3.46. The molecule has 0 amide bonds. The van der Waals surface area contributed by atoms with Crippen molar-refractivity contribution in [3.63, 3.8) is 0 Å². The second kappa shape index (κ2) is 6.05. The Kier molecular flexibility index (Phi) is 4.41. The van der Waals surface area contributed by atoms with Crippen molar-refractivity contribution in [1.82, 2.24) is 5.32 Å². The Morgan fingerprint density at radius 2 is 1.94 bits per heavy atom. The van der Waals surface area contributed by atoms with Gasteiger partial charge in [0.05, 0.1) is 0 Å². The van der Waals surface area contributed by atoms with Crippen LogP contribution in [0.5, 0.6) is 0 Å². The van der Waals surface area contributed by atoms with Crippen LogP contribution in [0.15, 0.2) is 30.3 Å². The Morgan fingerprint density at radius 3 is 2.56 bits per heavy atom. The van der Waals surface area contributed by atoms with Crippen molar-refractivity contribution in [3.8, 4) is 0 Å². The summed E-state index contributed by atoms with van der Waals surface area (Å²) in [7, 11) is 2.10. The van der Waals surface area contributed by atoms with Gasteiger partial charge in [0.15, 0.2) is 0 Å². The molecule has 1 aliphatic carbocycles. The molecule has 0 heterocycles. The lowest BCUT2D eigenvalue weighted by Gasteiger charge is -2.15. The van der Waals surface area contributed by atoms with Crippen LogP contribution < -0.4 is 5.32 Å². The van der Waals surface area contributed by atoms with Crippen molar-refractivity contribution >= 4 is 0 Å². The molecular formula is C15H23N. The molecule has 1 aromatic carbocycles. The van der Waals surface area contributed by atoms with E-state index in [-0.39, 0.29) is 0 Å². The first-order chi connectivity index (χ1) is 7.88. The Morgan fingerprint density at radius 1 is 1.19 bits per heavy atom. The Balaban J connectivity index is 1.69. The summed E-state index contributed by atoms with van der Waals surface area (Å²) in [6.45, 7) is 0. The molecule has 1 nitrogen and oxygen atoms in total. The third-order valence-electron chi connectivity index (χ3n) is 3.65. The summed E-state index contributed by atoms with van der Waals surface area (Å²) in [6.07, 6.45) is 8.22. The van der Waals surface area contributed by atoms with Crippen LogP contribution in [0, 0.1) is 5.92 Å². The van der Waals surface area contributed by atoms with E-state index in [0.717, 1.165) is 5.92 Å². The minimum atomic E-state index is 0.709. The Hall–Kier alpha value is -0.820. The molecule has 1 aliphatic rings. The summed E-state index contributed by atoms with van der Waals surface area (Å²) in [5.41, 5.74) is 1.47. The Labute approximate surface area is 99.3 Å². The maximum Gasteiger partial charge on any atom is 0.00673 e. The molecule has 0 aliphatic heterocycles. The molecule has 0 bridgehead atoms. The van der Waals surface area contributed by atoms with Crippen molar-refractivity contribution in [2.75, 3.05) is 7.05 Å². The van der Waals surface area contributed by atoms with Crippen molar-refractivity contribution in [3.05, 3.63) is 35.9 Å². The van der Waals surface area contributed by atoms with Gasteiger partial charge in [0.25, 0.3) is 0 Å². The van der Waals surface area contributed by atoms with Gasteiger partial charge in [-0.1, -0.05) is 43.2 Å². The van der Waals surface area contributed by atoms with Crippen LogP contribution in [0.4, 0.5) is 0 Å². The summed E-state index contributed by atoms with van der Waals surface area (Å²) in [5, 5.41) is 3.46. The van der Waals surface area contributed by atoms with Crippen molar-refractivity contribution < 1.29 is 0 Å². The second-order valence-corrected chi connectivity index (χ2v) is 5.03. The fourth-order valence-corrected chi connectivity index (χ4v) is 2.26. The molecule has 2 rings (SSSR count). The molecule has 1 atom stereocenters. The first kappa shape index (κ1) is 11.7. The molecule has 1 aromatic rings. The van der Waals surface area contributed by atoms with Crippen molar-refractivity contribution in [2.24, 2.45) is 5.92 Å². The van der Waals surface area contributed by atoms with E-state index in [2.05, 4.69) is 42.7 Å². The van der Waals surface area contributed by atoms with Crippen LogP contribution in [0.2, 0.25) is 0 Å². The predicted molar refractivity (Wildman–Crippen MR) is 69.6 cm³/mol. The topological polar surface area (TPSA) is 12.0 Å². The Bertz CT molecular complexity index is 290. The smallest absolute Gasteiger partial charge is 0.00673 e. The fraction of sp³-hybridized carbons (Fsp3) is 0.600. The van der Waals surface area contributed by atoms with Crippen molar-refractivity contribution in [1.29, 1.82) is 0 Å². The van der Waals surface area contributed by atoms with Crippen LogP contribution in [0.3, 0.4) is 0 Å². The van der Waals surface area contributed by atoms with E-state index in [1.807, 2.05) is 0 Å². The number of rotatable bonds is 7. The minimum absolute atomic E-state index is 0.709. The molecule has 0 radical (unpaired) electrons. The van der Waals surface area contributed by atoms with Crippen LogP contribution in [0.1, 0.15) is 37.7 Å². The molecule has 16 heavy (non-hydrogen) atoms. The highest BCUT2D eigenvalue weighted by Gasteiger charge is 2.21. The molecule has 0 aromatic heterocycles. The quantitative estimate of drug-likeness (QED) is 0.738. The largest absolute Gasteiger partial charge is 0.317 e. The zero-order valence-corrected chi connectivity index (χ0v) is 10.3. The van der Waals surface area contributed by atoms with E-state index in [9.17, 15) is 0 Å². The van der Waals surface area contributed by atoms with E-state index < -0.39 is 0 Å². The molecular weight excluding hydrogens is 194 g/mol. The number of benzene rings is 1. The van der Waals surface area contributed by atoms with Gasteiger partial charge >= 0.3 is 0 Å². The lowest BCUT2D eigenvalue weighted by atomic mass is 10.0. The summed E-state index contributed by atoms with van der Waals surface area (Å²) in [4.78, 5) is 0. The van der Waals surface area contributed by atoms with Gasteiger partial charge in [-0.2, -0.15) is 0 Å². The highest BCUT2D eigenvalue weighted by Crippen LogP contribution is 2.34.